The van der Waals surface area contributed by atoms with E-state index in [1.807, 2.05) is 70.2 Å². The van der Waals surface area contributed by atoms with E-state index < -0.39 is 11.4 Å². The van der Waals surface area contributed by atoms with Crippen LogP contribution in [0.4, 0.5) is 5.69 Å². The molecule has 128 valence electrons. The van der Waals surface area contributed by atoms with E-state index >= 15 is 0 Å². The van der Waals surface area contributed by atoms with E-state index in [2.05, 4.69) is 10.0 Å². The van der Waals surface area contributed by atoms with Gasteiger partial charge in [-0.1, -0.05) is 30.3 Å². The van der Waals surface area contributed by atoms with E-state index in [4.69, 9.17) is 0 Å². The summed E-state index contributed by atoms with van der Waals surface area (Å²) >= 11 is -1.14. The third-order valence-corrected chi connectivity index (χ3v) is 5.22. The molecule has 0 radical (unpaired) electrons. The standard InChI is InChI=1S/C19H24N2O2S/c1-14(21-24(23)19(2,3)4)15-10-12-16(13-11-15)18(22)20-17-8-6-5-7-9-17/h5-14,21H,1-4H3,(H,20,22). The Morgan fingerprint density at radius 3 is 2.17 bits per heavy atom. The third-order valence-electron chi connectivity index (χ3n) is 3.54. The van der Waals surface area contributed by atoms with Crippen molar-refractivity contribution in [3.8, 4) is 0 Å². The van der Waals surface area contributed by atoms with Gasteiger partial charge in [-0.25, -0.2) is 0 Å². The van der Waals surface area contributed by atoms with Crippen molar-refractivity contribution in [2.24, 2.45) is 0 Å². The summed E-state index contributed by atoms with van der Waals surface area (Å²) in [5.41, 5.74) is 2.35. The highest BCUT2D eigenvalue weighted by atomic mass is 32.2. The predicted octanol–water partition coefficient (Wildman–Crippen LogP) is 4.05. The Kier molecular flexibility index (Phi) is 6.04. The summed E-state index contributed by atoms with van der Waals surface area (Å²) in [6.45, 7) is 7.75. The molecule has 0 aromatic heterocycles. The van der Waals surface area contributed by atoms with E-state index in [0.717, 1.165) is 11.3 Å². The molecule has 0 heterocycles. The Balaban J connectivity index is 2.01. The molecule has 0 aliphatic heterocycles. The molecule has 0 saturated carbocycles. The summed E-state index contributed by atoms with van der Waals surface area (Å²) in [4.78, 5) is 12.2. The number of para-hydroxylation sites is 1. The topological polar surface area (TPSA) is 64.2 Å². The number of hydrogen-bond acceptors (Lipinski definition) is 3. The van der Waals surface area contributed by atoms with Gasteiger partial charge < -0.3 is 9.87 Å². The molecule has 2 unspecified atom stereocenters. The summed E-state index contributed by atoms with van der Waals surface area (Å²) in [7, 11) is 0. The lowest BCUT2D eigenvalue weighted by Gasteiger charge is -2.26. The van der Waals surface area contributed by atoms with Crippen LogP contribution in [0.5, 0.6) is 0 Å². The number of anilines is 1. The zero-order valence-corrected chi connectivity index (χ0v) is 15.3. The molecule has 4 nitrogen and oxygen atoms in total. The van der Waals surface area contributed by atoms with Crippen molar-refractivity contribution >= 4 is 23.0 Å². The molecule has 24 heavy (non-hydrogen) atoms. The van der Waals surface area contributed by atoms with Crippen molar-refractivity contribution in [3.63, 3.8) is 0 Å². The summed E-state index contributed by atoms with van der Waals surface area (Å²) in [5, 5.41) is 2.86. The van der Waals surface area contributed by atoms with Crippen LogP contribution < -0.4 is 10.0 Å². The van der Waals surface area contributed by atoms with Gasteiger partial charge in [-0.3, -0.25) is 4.79 Å². The summed E-state index contributed by atoms with van der Waals surface area (Å²) < 4.78 is 14.9. The van der Waals surface area contributed by atoms with Gasteiger partial charge in [-0.2, -0.15) is 0 Å². The van der Waals surface area contributed by atoms with Gasteiger partial charge in [-0.15, -0.1) is 4.72 Å². The number of benzene rings is 2. The van der Waals surface area contributed by atoms with Crippen LogP contribution in [0.1, 0.15) is 49.7 Å². The SMILES string of the molecule is CC(N[S+]([O-])C(C)(C)C)c1ccc(C(=O)Nc2ccccc2)cc1. The molecule has 2 N–H and O–H groups in total. The van der Waals surface area contributed by atoms with Crippen LogP contribution >= 0.6 is 0 Å². The van der Waals surface area contributed by atoms with Crippen molar-refractivity contribution in [3.05, 3.63) is 65.7 Å². The first-order chi connectivity index (χ1) is 11.3. The lowest BCUT2D eigenvalue weighted by molar-refractivity contribution is 0.102. The van der Waals surface area contributed by atoms with E-state index in [-0.39, 0.29) is 16.7 Å². The van der Waals surface area contributed by atoms with Crippen LogP contribution in [0.2, 0.25) is 0 Å². The number of carbonyl (C=O) groups excluding carboxylic acids is 1. The second-order valence-electron chi connectivity index (χ2n) is 6.66. The number of rotatable bonds is 5. The van der Waals surface area contributed by atoms with Crippen LogP contribution in [-0.4, -0.2) is 15.2 Å². The molecule has 2 aromatic rings. The molecule has 0 fully saturated rings. The van der Waals surface area contributed by atoms with Gasteiger partial charge in [0.05, 0.1) is 6.04 Å². The van der Waals surface area contributed by atoms with Crippen LogP contribution in [0.25, 0.3) is 0 Å². The van der Waals surface area contributed by atoms with Crippen molar-refractivity contribution in [1.29, 1.82) is 0 Å². The van der Waals surface area contributed by atoms with Gasteiger partial charge >= 0.3 is 0 Å². The Labute approximate surface area is 147 Å². The quantitative estimate of drug-likeness (QED) is 0.804. The second kappa shape index (κ2) is 7.83. The zero-order valence-electron chi connectivity index (χ0n) is 14.5. The number of amides is 1. The smallest absolute Gasteiger partial charge is 0.255 e. The maximum Gasteiger partial charge on any atom is 0.255 e. The molecule has 5 heteroatoms. The molecule has 0 saturated heterocycles. The highest BCUT2D eigenvalue weighted by molar-refractivity contribution is 7.90. The summed E-state index contributed by atoms with van der Waals surface area (Å²) in [5.74, 6) is -0.147. The zero-order chi connectivity index (χ0) is 17.7. The Morgan fingerprint density at radius 2 is 1.62 bits per heavy atom. The Bertz CT molecular complexity index is 666. The fourth-order valence-corrected chi connectivity index (χ4v) is 2.86. The van der Waals surface area contributed by atoms with Crippen LogP contribution in [0.3, 0.4) is 0 Å². The minimum absolute atomic E-state index is 0.0590. The Morgan fingerprint density at radius 1 is 1.04 bits per heavy atom. The van der Waals surface area contributed by atoms with Gasteiger partial charge in [0.15, 0.2) is 0 Å². The monoisotopic (exact) mass is 344 g/mol. The normalized spacial score (nSPS) is 14.0. The highest BCUT2D eigenvalue weighted by Crippen LogP contribution is 2.20. The minimum Gasteiger partial charge on any atom is -0.598 e. The van der Waals surface area contributed by atoms with Gasteiger partial charge in [0.2, 0.25) is 0 Å². The maximum absolute atomic E-state index is 12.2. The highest BCUT2D eigenvalue weighted by Gasteiger charge is 2.28. The predicted molar refractivity (Wildman–Crippen MR) is 100 cm³/mol. The average Bonchev–Trinajstić information content (AvgIpc) is 2.55. The van der Waals surface area contributed by atoms with Gasteiger partial charge in [-0.05, 0) is 57.5 Å². The largest absolute Gasteiger partial charge is 0.598 e. The first-order valence-electron chi connectivity index (χ1n) is 7.92. The van der Waals surface area contributed by atoms with Crippen LogP contribution in [-0.2, 0) is 11.4 Å². The molecule has 1 amide bonds. The summed E-state index contributed by atoms with van der Waals surface area (Å²) in [6, 6.07) is 16.6. The first kappa shape index (κ1) is 18.5. The van der Waals surface area contributed by atoms with Crippen molar-refractivity contribution in [2.45, 2.75) is 38.5 Å². The van der Waals surface area contributed by atoms with Crippen LogP contribution in [0.15, 0.2) is 54.6 Å². The Hall–Kier alpha value is -1.82. The minimum atomic E-state index is -1.14. The number of carbonyl (C=O) groups is 1. The molecular formula is C19H24N2O2S. The first-order valence-corrected chi connectivity index (χ1v) is 9.07. The van der Waals surface area contributed by atoms with E-state index in [9.17, 15) is 9.35 Å². The van der Waals surface area contributed by atoms with Crippen molar-refractivity contribution < 1.29 is 9.35 Å². The lowest BCUT2D eigenvalue weighted by Crippen LogP contribution is -2.40. The molecule has 2 aromatic carbocycles. The molecule has 2 atom stereocenters. The maximum atomic E-state index is 12.2. The number of nitrogens with one attached hydrogen (secondary N) is 2. The van der Waals surface area contributed by atoms with E-state index in [1.54, 1.807) is 12.1 Å². The fraction of sp³-hybridized carbons (Fsp3) is 0.316. The lowest BCUT2D eigenvalue weighted by atomic mass is 10.1. The summed E-state index contributed by atoms with van der Waals surface area (Å²) in [6.07, 6.45) is 0. The van der Waals surface area contributed by atoms with Gasteiger partial charge in [0, 0.05) is 22.6 Å². The van der Waals surface area contributed by atoms with Gasteiger partial charge in [0.25, 0.3) is 5.91 Å². The van der Waals surface area contributed by atoms with Gasteiger partial charge in [0.1, 0.15) is 4.75 Å². The van der Waals surface area contributed by atoms with Crippen LogP contribution in [0, 0.1) is 0 Å². The molecule has 0 bridgehead atoms. The molecule has 2 rings (SSSR count). The van der Waals surface area contributed by atoms with Crippen molar-refractivity contribution in [1.82, 2.24) is 4.72 Å². The molecule has 0 spiro atoms. The average molecular weight is 344 g/mol. The fourth-order valence-electron chi connectivity index (χ4n) is 2.05. The third kappa shape index (κ3) is 5.09. The number of hydrogen-bond donors (Lipinski definition) is 2. The molecule has 0 aliphatic carbocycles. The van der Waals surface area contributed by atoms with E-state index in [0.29, 0.717) is 5.56 Å². The second-order valence-corrected chi connectivity index (χ2v) is 8.66. The molecule has 0 aliphatic rings. The van der Waals surface area contributed by atoms with Crippen molar-refractivity contribution in [2.75, 3.05) is 5.32 Å². The molecular weight excluding hydrogens is 320 g/mol. The van der Waals surface area contributed by atoms with E-state index in [1.165, 1.54) is 0 Å².